The van der Waals surface area contributed by atoms with Gasteiger partial charge in [0.05, 0.1) is 6.61 Å². The highest BCUT2D eigenvalue weighted by molar-refractivity contribution is 6.69. The molecule has 1 aliphatic heterocycles. The summed E-state index contributed by atoms with van der Waals surface area (Å²) in [5, 5.41) is 0. The quantitative estimate of drug-likeness (QED) is 0.447. The molecule has 0 aromatic heterocycles. The highest BCUT2D eigenvalue weighted by Gasteiger charge is 2.53. The standard InChI is InChI=1S/C12H26O4Si/c1-5-9-13-12(11-10-14-11)17(8-4,15-6-2)16-7-3/h11-12H,5-10H2,1-4H3. The van der Waals surface area contributed by atoms with Crippen LogP contribution in [0.3, 0.4) is 0 Å². The molecule has 1 heterocycles. The second kappa shape index (κ2) is 7.48. The van der Waals surface area contributed by atoms with Crippen LogP contribution in [0.15, 0.2) is 0 Å². The minimum Gasteiger partial charge on any atom is -0.393 e. The van der Waals surface area contributed by atoms with E-state index >= 15 is 0 Å². The van der Waals surface area contributed by atoms with Crippen molar-refractivity contribution in [3.8, 4) is 0 Å². The number of hydrogen-bond acceptors (Lipinski definition) is 4. The third-order valence-electron chi connectivity index (χ3n) is 2.90. The molecule has 102 valence electrons. The van der Waals surface area contributed by atoms with Gasteiger partial charge in [-0.15, -0.1) is 0 Å². The van der Waals surface area contributed by atoms with Crippen molar-refractivity contribution in [3.63, 3.8) is 0 Å². The topological polar surface area (TPSA) is 40.2 Å². The van der Waals surface area contributed by atoms with Crippen molar-refractivity contribution in [1.29, 1.82) is 0 Å². The fraction of sp³-hybridized carbons (Fsp3) is 1.00. The Morgan fingerprint density at radius 2 is 1.76 bits per heavy atom. The largest absolute Gasteiger partial charge is 0.393 e. The summed E-state index contributed by atoms with van der Waals surface area (Å²) in [5.41, 5.74) is 0.0207. The second-order valence-corrected chi connectivity index (χ2v) is 7.67. The fourth-order valence-corrected chi connectivity index (χ4v) is 5.42. The summed E-state index contributed by atoms with van der Waals surface area (Å²) in [4.78, 5) is 0. The van der Waals surface area contributed by atoms with E-state index in [0.29, 0.717) is 13.2 Å². The van der Waals surface area contributed by atoms with Crippen LogP contribution in [0.25, 0.3) is 0 Å². The molecule has 0 saturated carbocycles. The second-order valence-electron chi connectivity index (χ2n) is 4.19. The van der Waals surface area contributed by atoms with Crippen molar-refractivity contribution in [2.45, 2.75) is 52.0 Å². The van der Waals surface area contributed by atoms with Gasteiger partial charge >= 0.3 is 8.56 Å². The molecule has 0 radical (unpaired) electrons. The maximum Gasteiger partial charge on any atom is 0.370 e. The predicted molar refractivity (Wildman–Crippen MR) is 69.3 cm³/mol. The summed E-state index contributed by atoms with van der Waals surface area (Å²) in [6.45, 7) is 11.2. The molecule has 1 fully saturated rings. The van der Waals surface area contributed by atoms with Crippen molar-refractivity contribution in [2.24, 2.45) is 0 Å². The van der Waals surface area contributed by atoms with Crippen molar-refractivity contribution in [1.82, 2.24) is 0 Å². The molecule has 0 aromatic carbocycles. The zero-order valence-electron chi connectivity index (χ0n) is 11.5. The molecule has 1 aliphatic rings. The molecule has 1 saturated heterocycles. The van der Waals surface area contributed by atoms with Crippen molar-refractivity contribution >= 4 is 8.56 Å². The first-order chi connectivity index (χ1) is 8.24. The summed E-state index contributed by atoms with van der Waals surface area (Å²) in [6.07, 6.45) is 1.20. The van der Waals surface area contributed by atoms with Gasteiger partial charge in [-0.25, -0.2) is 0 Å². The first-order valence-electron chi connectivity index (χ1n) is 6.75. The smallest absolute Gasteiger partial charge is 0.370 e. The highest BCUT2D eigenvalue weighted by atomic mass is 28.4. The molecule has 0 aliphatic carbocycles. The summed E-state index contributed by atoms with van der Waals surface area (Å²) in [7, 11) is -2.28. The molecule has 2 unspecified atom stereocenters. The molecule has 0 bridgehead atoms. The van der Waals surface area contributed by atoms with E-state index in [-0.39, 0.29) is 11.8 Å². The van der Waals surface area contributed by atoms with E-state index < -0.39 is 8.56 Å². The third-order valence-corrected chi connectivity index (χ3v) is 6.85. The maximum atomic E-state index is 5.99. The first-order valence-corrected chi connectivity index (χ1v) is 8.85. The summed E-state index contributed by atoms with van der Waals surface area (Å²) < 4.78 is 23.4. The Morgan fingerprint density at radius 1 is 1.18 bits per heavy atom. The fourth-order valence-electron chi connectivity index (χ4n) is 2.09. The molecular weight excluding hydrogens is 236 g/mol. The van der Waals surface area contributed by atoms with E-state index in [1.54, 1.807) is 0 Å². The van der Waals surface area contributed by atoms with Crippen molar-refractivity contribution in [3.05, 3.63) is 0 Å². The van der Waals surface area contributed by atoms with Crippen LogP contribution < -0.4 is 0 Å². The van der Waals surface area contributed by atoms with Crippen LogP contribution in [0.4, 0.5) is 0 Å². The van der Waals surface area contributed by atoms with E-state index in [9.17, 15) is 0 Å². The number of rotatable bonds is 10. The Bertz CT molecular complexity index is 203. The molecule has 1 rings (SSSR count). The number of hydrogen-bond donors (Lipinski definition) is 0. The number of ether oxygens (including phenoxy) is 2. The summed E-state index contributed by atoms with van der Waals surface area (Å²) >= 11 is 0. The van der Waals surface area contributed by atoms with Crippen LogP contribution in [-0.4, -0.2) is 46.8 Å². The summed E-state index contributed by atoms with van der Waals surface area (Å²) in [5.74, 6) is 0. The molecule has 0 N–H and O–H groups in total. The number of epoxide rings is 1. The maximum absolute atomic E-state index is 5.99. The van der Waals surface area contributed by atoms with Gasteiger partial charge < -0.3 is 18.3 Å². The molecule has 0 aromatic rings. The molecular formula is C12H26O4Si. The highest BCUT2D eigenvalue weighted by Crippen LogP contribution is 2.30. The molecule has 5 heteroatoms. The van der Waals surface area contributed by atoms with Gasteiger partial charge in [0.1, 0.15) is 11.8 Å². The van der Waals surface area contributed by atoms with Crippen LogP contribution >= 0.6 is 0 Å². The third kappa shape index (κ3) is 4.03. The Morgan fingerprint density at radius 3 is 2.12 bits per heavy atom. The van der Waals surface area contributed by atoms with E-state index in [1.165, 1.54) is 0 Å². The van der Waals surface area contributed by atoms with Gasteiger partial charge in [-0.05, 0) is 26.3 Å². The van der Waals surface area contributed by atoms with Crippen LogP contribution in [0.1, 0.15) is 34.1 Å². The Labute approximate surface area is 106 Å². The molecule has 17 heavy (non-hydrogen) atoms. The van der Waals surface area contributed by atoms with Crippen molar-refractivity contribution in [2.75, 3.05) is 26.4 Å². The first kappa shape index (κ1) is 15.1. The molecule has 0 spiro atoms. The van der Waals surface area contributed by atoms with Crippen LogP contribution in [-0.2, 0) is 18.3 Å². The minimum atomic E-state index is -2.28. The molecule has 2 atom stereocenters. The normalized spacial score (nSPS) is 21.5. The van der Waals surface area contributed by atoms with Crippen molar-refractivity contribution < 1.29 is 18.3 Å². The van der Waals surface area contributed by atoms with Gasteiger partial charge in [0.15, 0.2) is 0 Å². The van der Waals surface area contributed by atoms with Gasteiger partial charge in [0.2, 0.25) is 0 Å². The van der Waals surface area contributed by atoms with Gasteiger partial charge in [-0.1, -0.05) is 13.8 Å². The van der Waals surface area contributed by atoms with Gasteiger partial charge in [-0.2, -0.15) is 0 Å². The Kier molecular flexibility index (Phi) is 6.65. The lowest BCUT2D eigenvalue weighted by Gasteiger charge is -2.35. The lowest BCUT2D eigenvalue weighted by Crippen LogP contribution is -2.57. The predicted octanol–water partition coefficient (Wildman–Crippen LogP) is 2.25. The Balaban J connectivity index is 2.73. The van der Waals surface area contributed by atoms with E-state index in [4.69, 9.17) is 18.3 Å². The Hall–Kier alpha value is 0.0569. The van der Waals surface area contributed by atoms with Gasteiger partial charge in [0, 0.05) is 19.8 Å². The minimum absolute atomic E-state index is 0.0207. The van der Waals surface area contributed by atoms with Crippen LogP contribution in [0.2, 0.25) is 6.04 Å². The van der Waals surface area contributed by atoms with E-state index in [2.05, 4.69) is 13.8 Å². The van der Waals surface area contributed by atoms with Gasteiger partial charge in [-0.3, -0.25) is 0 Å². The van der Waals surface area contributed by atoms with E-state index in [0.717, 1.165) is 25.7 Å². The lowest BCUT2D eigenvalue weighted by molar-refractivity contribution is 0.0315. The van der Waals surface area contributed by atoms with Crippen LogP contribution in [0, 0.1) is 0 Å². The summed E-state index contributed by atoms with van der Waals surface area (Å²) in [6, 6.07) is 0.906. The monoisotopic (exact) mass is 262 g/mol. The molecule has 4 nitrogen and oxygen atoms in total. The average Bonchev–Trinajstić information content (AvgIpc) is 3.14. The van der Waals surface area contributed by atoms with Gasteiger partial charge in [0.25, 0.3) is 0 Å². The average molecular weight is 262 g/mol. The van der Waals surface area contributed by atoms with Crippen LogP contribution in [0.5, 0.6) is 0 Å². The van der Waals surface area contributed by atoms with E-state index in [1.807, 2.05) is 13.8 Å². The zero-order valence-corrected chi connectivity index (χ0v) is 12.5. The molecule has 0 amide bonds. The zero-order chi connectivity index (χ0) is 12.7. The lowest BCUT2D eigenvalue weighted by atomic mass is 10.5. The SMILES string of the molecule is CCCOC(C1CO1)[Si](CC)(OCC)OCC.